The van der Waals surface area contributed by atoms with Gasteiger partial charge in [0.2, 0.25) is 5.91 Å². The van der Waals surface area contributed by atoms with Crippen molar-refractivity contribution in [3.63, 3.8) is 0 Å². The molecule has 0 saturated carbocycles. The molecule has 1 aliphatic heterocycles. The van der Waals surface area contributed by atoms with Crippen molar-refractivity contribution in [2.24, 2.45) is 0 Å². The summed E-state index contributed by atoms with van der Waals surface area (Å²) < 4.78 is 5.35. The van der Waals surface area contributed by atoms with Crippen LogP contribution in [0.3, 0.4) is 0 Å². The highest BCUT2D eigenvalue weighted by Gasteiger charge is 2.19. The van der Waals surface area contributed by atoms with Gasteiger partial charge in [-0.1, -0.05) is 0 Å². The zero-order valence-electron chi connectivity index (χ0n) is 10.9. The zero-order chi connectivity index (χ0) is 14.5. The van der Waals surface area contributed by atoms with E-state index in [-0.39, 0.29) is 36.4 Å². The van der Waals surface area contributed by atoms with Gasteiger partial charge in [-0.15, -0.1) is 0 Å². The van der Waals surface area contributed by atoms with Crippen LogP contribution < -0.4 is 5.32 Å². The van der Waals surface area contributed by atoms with Crippen LogP contribution in [0.15, 0.2) is 18.2 Å². The molecule has 20 heavy (non-hydrogen) atoms. The Morgan fingerprint density at radius 1 is 1.55 bits per heavy atom. The van der Waals surface area contributed by atoms with Crippen LogP contribution in [0, 0.1) is 10.1 Å². The highest BCUT2D eigenvalue weighted by atomic mass is 16.6. The molecule has 108 valence electrons. The molecule has 0 spiro atoms. The maximum Gasteiger partial charge on any atom is 0.270 e. The van der Waals surface area contributed by atoms with E-state index < -0.39 is 4.92 Å². The summed E-state index contributed by atoms with van der Waals surface area (Å²) in [5, 5.41) is 22.9. The Labute approximate surface area is 115 Å². The molecule has 7 heteroatoms. The molecule has 0 aromatic heterocycles. The largest absolute Gasteiger partial charge is 0.508 e. The molecule has 7 nitrogen and oxygen atoms in total. The third kappa shape index (κ3) is 3.67. The molecule has 1 aliphatic rings. The van der Waals surface area contributed by atoms with Gasteiger partial charge < -0.3 is 15.2 Å². The highest BCUT2D eigenvalue weighted by molar-refractivity contribution is 5.76. The molecule has 1 amide bonds. The lowest BCUT2D eigenvalue weighted by atomic mass is 10.1. The number of non-ortho nitro benzene ring substituents is 1. The predicted molar refractivity (Wildman–Crippen MR) is 70.2 cm³/mol. The van der Waals surface area contributed by atoms with Crippen molar-refractivity contribution in [3.8, 4) is 5.75 Å². The molecule has 1 saturated heterocycles. The predicted octanol–water partition coefficient (Wildman–Crippen LogP) is 1.49. The number of carbonyl (C=O) groups excluding carboxylic acids is 1. The van der Waals surface area contributed by atoms with E-state index in [2.05, 4.69) is 5.32 Å². The minimum atomic E-state index is -0.545. The summed E-state index contributed by atoms with van der Waals surface area (Å²) in [6, 6.07) is 3.72. The number of ether oxygens (including phenoxy) is 1. The number of nitro benzene ring substituents is 1. The number of amides is 1. The summed E-state index contributed by atoms with van der Waals surface area (Å²) in [5.41, 5.74) is 0.200. The van der Waals surface area contributed by atoms with E-state index in [0.717, 1.165) is 12.8 Å². The number of benzene rings is 1. The van der Waals surface area contributed by atoms with Gasteiger partial charge in [0, 0.05) is 30.8 Å². The van der Waals surface area contributed by atoms with Crippen LogP contribution in [0.4, 0.5) is 5.69 Å². The first-order valence-corrected chi connectivity index (χ1v) is 6.41. The number of aromatic hydroxyl groups is 1. The lowest BCUT2D eigenvalue weighted by molar-refractivity contribution is -0.384. The molecular formula is C13H16N2O5. The van der Waals surface area contributed by atoms with Gasteiger partial charge in [0.25, 0.3) is 5.69 Å². The third-order valence-electron chi connectivity index (χ3n) is 3.19. The molecule has 1 fully saturated rings. The summed E-state index contributed by atoms with van der Waals surface area (Å²) in [4.78, 5) is 21.8. The Kier molecular flexibility index (Phi) is 4.52. The van der Waals surface area contributed by atoms with Crippen LogP contribution in [-0.2, 0) is 16.1 Å². The van der Waals surface area contributed by atoms with Crippen molar-refractivity contribution in [1.82, 2.24) is 5.32 Å². The third-order valence-corrected chi connectivity index (χ3v) is 3.19. The number of hydrogen-bond acceptors (Lipinski definition) is 5. The fraction of sp³-hybridized carbons (Fsp3) is 0.462. The number of phenolic OH excluding ortho intramolecular Hbond substituents is 1. The van der Waals surface area contributed by atoms with Gasteiger partial charge in [0.1, 0.15) is 5.75 Å². The number of nitrogens with one attached hydrogen (secondary N) is 1. The second-order valence-corrected chi connectivity index (χ2v) is 4.69. The normalized spacial score (nSPS) is 17.9. The van der Waals surface area contributed by atoms with Crippen molar-refractivity contribution in [1.29, 1.82) is 0 Å². The summed E-state index contributed by atoms with van der Waals surface area (Å²) >= 11 is 0. The number of phenols is 1. The van der Waals surface area contributed by atoms with Gasteiger partial charge >= 0.3 is 0 Å². The molecule has 1 aromatic carbocycles. The first-order chi connectivity index (χ1) is 9.56. The second kappa shape index (κ2) is 6.33. The van der Waals surface area contributed by atoms with Crippen LogP contribution in [-0.4, -0.2) is 28.6 Å². The SMILES string of the molecule is O=C(CC1CCCO1)NCc1cc([N+](=O)[O-])ccc1O. The smallest absolute Gasteiger partial charge is 0.270 e. The van der Waals surface area contributed by atoms with Crippen molar-refractivity contribution < 1.29 is 19.6 Å². The fourth-order valence-electron chi connectivity index (χ4n) is 2.11. The van der Waals surface area contributed by atoms with E-state index in [1.807, 2.05) is 0 Å². The number of rotatable bonds is 5. The molecule has 2 rings (SSSR count). The van der Waals surface area contributed by atoms with Crippen molar-refractivity contribution in [2.45, 2.75) is 31.9 Å². The monoisotopic (exact) mass is 280 g/mol. The Morgan fingerprint density at radius 2 is 2.35 bits per heavy atom. The molecule has 1 atom stereocenters. The van der Waals surface area contributed by atoms with E-state index in [9.17, 15) is 20.0 Å². The lowest BCUT2D eigenvalue weighted by Crippen LogP contribution is -2.26. The summed E-state index contributed by atoms with van der Waals surface area (Å²) in [6.07, 6.45) is 2.06. The van der Waals surface area contributed by atoms with Gasteiger partial charge in [0.05, 0.1) is 17.4 Å². The summed E-state index contributed by atoms with van der Waals surface area (Å²) in [5.74, 6) is -0.268. The first-order valence-electron chi connectivity index (χ1n) is 6.41. The Balaban J connectivity index is 1.90. The Hall–Kier alpha value is -2.15. The maximum atomic E-state index is 11.7. The van der Waals surface area contributed by atoms with Gasteiger partial charge in [0.15, 0.2) is 0 Å². The van der Waals surface area contributed by atoms with Gasteiger partial charge in [-0.25, -0.2) is 0 Å². The number of carbonyl (C=O) groups is 1. The molecule has 0 radical (unpaired) electrons. The standard InChI is InChI=1S/C13H16N2O5/c16-12-4-3-10(15(18)19)6-9(12)8-14-13(17)7-11-2-1-5-20-11/h3-4,6,11,16H,1-2,5,7-8H2,(H,14,17). The molecule has 1 aromatic rings. The minimum absolute atomic E-state index is 0.0475. The van der Waals surface area contributed by atoms with E-state index in [0.29, 0.717) is 12.2 Å². The number of nitro groups is 1. The summed E-state index contributed by atoms with van der Waals surface area (Å²) in [7, 11) is 0. The van der Waals surface area contributed by atoms with E-state index >= 15 is 0 Å². The molecule has 1 heterocycles. The zero-order valence-corrected chi connectivity index (χ0v) is 10.9. The van der Waals surface area contributed by atoms with Gasteiger partial charge in [-0.05, 0) is 18.9 Å². The van der Waals surface area contributed by atoms with Crippen LogP contribution in [0.25, 0.3) is 0 Å². The lowest BCUT2D eigenvalue weighted by Gasteiger charge is -2.10. The second-order valence-electron chi connectivity index (χ2n) is 4.69. The molecule has 0 aliphatic carbocycles. The van der Waals surface area contributed by atoms with Gasteiger partial charge in [-0.2, -0.15) is 0 Å². The Morgan fingerprint density at radius 3 is 3.00 bits per heavy atom. The van der Waals surface area contributed by atoms with Gasteiger partial charge in [-0.3, -0.25) is 14.9 Å². The number of nitrogens with zero attached hydrogens (tertiary/aromatic N) is 1. The van der Waals surface area contributed by atoms with Crippen molar-refractivity contribution in [3.05, 3.63) is 33.9 Å². The van der Waals surface area contributed by atoms with E-state index in [4.69, 9.17) is 4.74 Å². The topological polar surface area (TPSA) is 102 Å². The van der Waals surface area contributed by atoms with E-state index in [1.54, 1.807) is 0 Å². The molecular weight excluding hydrogens is 264 g/mol. The van der Waals surface area contributed by atoms with E-state index in [1.165, 1.54) is 18.2 Å². The van der Waals surface area contributed by atoms with Crippen molar-refractivity contribution in [2.75, 3.05) is 6.61 Å². The van der Waals surface area contributed by atoms with Crippen LogP contribution in [0.1, 0.15) is 24.8 Å². The first kappa shape index (κ1) is 14.3. The summed E-state index contributed by atoms with van der Waals surface area (Å²) in [6.45, 7) is 0.739. The fourth-order valence-corrected chi connectivity index (χ4v) is 2.11. The van der Waals surface area contributed by atoms with Crippen LogP contribution in [0.2, 0.25) is 0 Å². The van der Waals surface area contributed by atoms with Crippen LogP contribution >= 0.6 is 0 Å². The average molecular weight is 280 g/mol. The molecule has 1 unspecified atom stereocenters. The van der Waals surface area contributed by atoms with Crippen molar-refractivity contribution >= 4 is 11.6 Å². The quantitative estimate of drug-likeness (QED) is 0.628. The molecule has 2 N–H and O–H groups in total. The highest BCUT2D eigenvalue weighted by Crippen LogP contribution is 2.22. The minimum Gasteiger partial charge on any atom is -0.508 e. The Bertz CT molecular complexity index is 511. The van der Waals surface area contributed by atoms with Crippen LogP contribution in [0.5, 0.6) is 5.75 Å². The number of hydrogen-bond donors (Lipinski definition) is 2. The maximum absolute atomic E-state index is 11.7. The average Bonchev–Trinajstić information content (AvgIpc) is 2.90. The molecule has 0 bridgehead atoms.